The summed E-state index contributed by atoms with van der Waals surface area (Å²) in [5, 5.41) is 2.50. The molecular formula is C8H14F3N. The fourth-order valence-electron chi connectivity index (χ4n) is 1.15. The quantitative estimate of drug-likeness (QED) is 0.704. The number of hydrogen-bond acceptors (Lipinski definition) is 1. The third-order valence-electron chi connectivity index (χ3n) is 2.69. The van der Waals surface area contributed by atoms with Crippen LogP contribution in [0.4, 0.5) is 13.2 Å². The molecule has 1 unspecified atom stereocenters. The summed E-state index contributed by atoms with van der Waals surface area (Å²) in [6, 6.07) is -0.0286. The summed E-state index contributed by atoms with van der Waals surface area (Å²) in [4.78, 5) is 0. The second kappa shape index (κ2) is 2.91. The van der Waals surface area contributed by atoms with Gasteiger partial charge in [0, 0.05) is 6.04 Å². The van der Waals surface area contributed by atoms with Gasteiger partial charge in [-0.2, -0.15) is 13.2 Å². The first-order valence-corrected chi connectivity index (χ1v) is 4.14. The summed E-state index contributed by atoms with van der Waals surface area (Å²) in [6.07, 6.45) is -2.00. The maximum atomic E-state index is 11.8. The number of rotatable bonds is 3. The van der Waals surface area contributed by atoms with E-state index in [0.29, 0.717) is 0 Å². The van der Waals surface area contributed by atoms with Crippen molar-refractivity contribution in [3.8, 4) is 0 Å². The highest BCUT2D eigenvalue weighted by atomic mass is 19.4. The van der Waals surface area contributed by atoms with Gasteiger partial charge in [-0.25, -0.2) is 0 Å². The van der Waals surface area contributed by atoms with Gasteiger partial charge in [0.05, 0.1) is 6.54 Å². The Morgan fingerprint density at radius 3 is 2.25 bits per heavy atom. The van der Waals surface area contributed by atoms with Gasteiger partial charge in [-0.05, 0) is 25.2 Å². The van der Waals surface area contributed by atoms with Gasteiger partial charge in [0.1, 0.15) is 0 Å². The lowest BCUT2D eigenvalue weighted by molar-refractivity contribution is -0.126. The zero-order valence-corrected chi connectivity index (χ0v) is 7.33. The fourth-order valence-corrected chi connectivity index (χ4v) is 1.15. The Balaban J connectivity index is 2.23. The number of alkyl halides is 3. The molecule has 12 heavy (non-hydrogen) atoms. The minimum Gasteiger partial charge on any atom is -0.306 e. The van der Waals surface area contributed by atoms with Crippen LogP contribution in [0.15, 0.2) is 0 Å². The summed E-state index contributed by atoms with van der Waals surface area (Å²) in [6.45, 7) is 2.96. The third-order valence-corrected chi connectivity index (χ3v) is 2.69. The minimum atomic E-state index is -4.08. The van der Waals surface area contributed by atoms with Crippen molar-refractivity contribution in [1.82, 2.24) is 5.32 Å². The first-order chi connectivity index (χ1) is 5.33. The highest BCUT2D eigenvalue weighted by molar-refractivity contribution is 4.96. The van der Waals surface area contributed by atoms with Crippen molar-refractivity contribution in [2.24, 2.45) is 5.41 Å². The second-order valence-corrected chi connectivity index (χ2v) is 3.87. The van der Waals surface area contributed by atoms with Gasteiger partial charge in [0.25, 0.3) is 0 Å². The van der Waals surface area contributed by atoms with E-state index in [-0.39, 0.29) is 11.5 Å². The van der Waals surface area contributed by atoms with Gasteiger partial charge in [0.2, 0.25) is 0 Å². The van der Waals surface area contributed by atoms with Gasteiger partial charge in [-0.1, -0.05) is 6.92 Å². The van der Waals surface area contributed by atoms with Crippen LogP contribution in [-0.4, -0.2) is 18.8 Å². The maximum absolute atomic E-state index is 11.8. The van der Waals surface area contributed by atoms with Gasteiger partial charge in [-0.15, -0.1) is 0 Å². The zero-order valence-electron chi connectivity index (χ0n) is 7.33. The van der Waals surface area contributed by atoms with Crippen LogP contribution in [0.5, 0.6) is 0 Å². The zero-order chi connectivity index (χ0) is 9.41. The Morgan fingerprint density at radius 1 is 1.42 bits per heavy atom. The smallest absolute Gasteiger partial charge is 0.306 e. The molecule has 1 aliphatic rings. The lowest BCUT2D eigenvalue weighted by atomic mass is 10.0. The van der Waals surface area contributed by atoms with Gasteiger partial charge >= 0.3 is 6.18 Å². The van der Waals surface area contributed by atoms with E-state index < -0.39 is 12.7 Å². The normalized spacial score (nSPS) is 23.8. The van der Waals surface area contributed by atoms with Crippen LogP contribution in [-0.2, 0) is 0 Å². The Hall–Kier alpha value is -0.250. The van der Waals surface area contributed by atoms with Crippen molar-refractivity contribution in [3.63, 3.8) is 0 Å². The average molecular weight is 181 g/mol. The standard InChI is InChI=1S/C8H14F3N/c1-6(7(2)3-4-7)12-5-8(9,10)11/h6,12H,3-5H2,1-2H3. The van der Waals surface area contributed by atoms with Crippen molar-refractivity contribution >= 4 is 0 Å². The van der Waals surface area contributed by atoms with E-state index in [1.165, 1.54) is 0 Å². The topological polar surface area (TPSA) is 12.0 Å². The lowest BCUT2D eigenvalue weighted by Crippen LogP contribution is -2.39. The summed E-state index contributed by atoms with van der Waals surface area (Å²) >= 11 is 0. The molecule has 0 aromatic carbocycles. The number of hydrogen-bond donors (Lipinski definition) is 1. The molecule has 0 aromatic heterocycles. The molecule has 1 nitrogen and oxygen atoms in total. The summed E-state index contributed by atoms with van der Waals surface area (Å²) < 4.78 is 35.3. The van der Waals surface area contributed by atoms with E-state index in [1.807, 2.05) is 13.8 Å². The van der Waals surface area contributed by atoms with Crippen molar-refractivity contribution in [3.05, 3.63) is 0 Å². The molecule has 1 fully saturated rings. The van der Waals surface area contributed by atoms with E-state index in [0.717, 1.165) is 12.8 Å². The first-order valence-electron chi connectivity index (χ1n) is 4.14. The van der Waals surface area contributed by atoms with Gasteiger partial charge in [0.15, 0.2) is 0 Å². The van der Waals surface area contributed by atoms with E-state index in [2.05, 4.69) is 5.32 Å². The molecule has 0 saturated heterocycles. The van der Waals surface area contributed by atoms with Crippen LogP contribution in [0.2, 0.25) is 0 Å². The monoisotopic (exact) mass is 181 g/mol. The summed E-state index contributed by atoms with van der Waals surface area (Å²) in [5.74, 6) is 0. The summed E-state index contributed by atoms with van der Waals surface area (Å²) in [5.41, 5.74) is 0.116. The SMILES string of the molecule is CC(NCC(F)(F)F)C1(C)CC1. The molecule has 0 amide bonds. The molecule has 0 bridgehead atoms. The van der Waals surface area contributed by atoms with Crippen molar-refractivity contribution in [1.29, 1.82) is 0 Å². The fraction of sp³-hybridized carbons (Fsp3) is 1.00. The molecule has 1 rings (SSSR count). The Kier molecular flexibility index (Phi) is 2.38. The molecule has 0 heterocycles. The molecule has 1 N–H and O–H groups in total. The second-order valence-electron chi connectivity index (χ2n) is 3.87. The molecule has 72 valence electrons. The Labute approximate surface area is 70.3 Å². The maximum Gasteiger partial charge on any atom is 0.401 e. The van der Waals surface area contributed by atoms with Crippen LogP contribution in [0, 0.1) is 5.41 Å². The largest absolute Gasteiger partial charge is 0.401 e. The minimum absolute atomic E-state index is 0.0286. The molecular weight excluding hydrogens is 167 g/mol. The molecule has 0 aromatic rings. The van der Waals surface area contributed by atoms with Crippen molar-refractivity contribution in [2.75, 3.05) is 6.54 Å². The van der Waals surface area contributed by atoms with Crippen molar-refractivity contribution < 1.29 is 13.2 Å². The molecule has 1 saturated carbocycles. The molecule has 1 atom stereocenters. The van der Waals surface area contributed by atoms with Crippen LogP contribution < -0.4 is 5.32 Å². The summed E-state index contributed by atoms with van der Waals surface area (Å²) in [7, 11) is 0. The average Bonchev–Trinajstić information content (AvgIpc) is 2.62. The van der Waals surface area contributed by atoms with Crippen molar-refractivity contribution in [2.45, 2.75) is 38.9 Å². The third kappa shape index (κ3) is 2.66. The predicted molar refractivity (Wildman–Crippen MR) is 40.9 cm³/mol. The molecule has 0 radical (unpaired) electrons. The van der Waals surface area contributed by atoms with E-state index in [4.69, 9.17) is 0 Å². The highest BCUT2D eigenvalue weighted by Crippen LogP contribution is 2.47. The highest BCUT2D eigenvalue weighted by Gasteiger charge is 2.43. The predicted octanol–water partition coefficient (Wildman–Crippen LogP) is 2.33. The van der Waals surface area contributed by atoms with Crippen LogP contribution in [0.1, 0.15) is 26.7 Å². The molecule has 0 aliphatic heterocycles. The van der Waals surface area contributed by atoms with Gasteiger partial charge in [-0.3, -0.25) is 0 Å². The molecule has 1 aliphatic carbocycles. The number of nitrogens with one attached hydrogen (secondary N) is 1. The molecule has 4 heteroatoms. The van der Waals surface area contributed by atoms with Crippen LogP contribution in [0.3, 0.4) is 0 Å². The Bertz CT molecular complexity index is 160. The first kappa shape index (κ1) is 9.84. The van der Waals surface area contributed by atoms with E-state index >= 15 is 0 Å². The van der Waals surface area contributed by atoms with E-state index in [1.54, 1.807) is 0 Å². The van der Waals surface area contributed by atoms with Crippen LogP contribution in [0.25, 0.3) is 0 Å². The van der Waals surface area contributed by atoms with E-state index in [9.17, 15) is 13.2 Å². The van der Waals surface area contributed by atoms with Crippen LogP contribution >= 0.6 is 0 Å². The Morgan fingerprint density at radius 2 is 1.92 bits per heavy atom. The molecule has 0 spiro atoms. The lowest BCUT2D eigenvalue weighted by Gasteiger charge is -2.21. The van der Waals surface area contributed by atoms with Gasteiger partial charge < -0.3 is 5.32 Å². The number of halogens is 3.